The number of nitrogens with one attached hydrogen (secondary N) is 1. The van der Waals surface area contributed by atoms with Crippen LogP contribution < -0.4 is 10.1 Å². The van der Waals surface area contributed by atoms with E-state index in [0.717, 1.165) is 43.7 Å². The van der Waals surface area contributed by atoms with E-state index in [1.165, 1.54) is 24.8 Å². The molecule has 2 atom stereocenters. The summed E-state index contributed by atoms with van der Waals surface area (Å²) < 4.78 is 7.68. The molecule has 1 aromatic heterocycles. The van der Waals surface area contributed by atoms with Crippen LogP contribution in [0.4, 0.5) is 0 Å². The Morgan fingerprint density at radius 2 is 1.96 bits per heavy atom. The van der Waals surface area contributed by atoms with E-state index in [9.17, 15) is 0 Å². The highest BCUT2D eigenvalue weighted by Crippen LogP contribution is 2.41. The minimum Gasteiger partial charge on any atom is -0.476 e. The Balaban J connectivity index is 1.14. The Morgan fingerprint density at radius 3 is 2.65 bits per heavy atom. The van der Waals surface area contributed by atoms with Crippen LogP contribution in [0.25, 0.3) is 0 Å². The van der Waals surface area contributed by atoms with Gasteiger partial charge in [0.2, 0.25) is 5.88 Å². The van der Waals surface area contributed by atoms with Crippen molar-refractivity contribution in [3.63, 3.8) is 0 Å². The minimum atomic E-state index is 0.672. The van der Waals surface area contributed by atoms with Crippen molar-refractivity contribution in [1.82, 2.24) is 20.0 Å². The summed E-state index contributed by atoms with van der Waals surface area (Å²) in [6.07, 6.45) is 3.77. The van der Waals surface area contributed by atoms with Crippen LogP contribution in [0.15, 0.2) is 36.4 Å². The van der Waals surface area contributed by atoms with Gasteiger partial charge < -0.3 is 10.1 Å². The van der Waals surface area contributed by atoms with Crippen molar-refractivity contribution in [2.75, 3.05) is 26.2 Å². The summed E-state index contributed by atoms with van der Waals surface area (Å²) in [6.45, 7) is 6.04. The van der Waals surface area contributed by atoms with Gasteiger partial charge in [0.1, 0.15) is 6.61 Å². The summed E-state index contributed by atoms with van der Waals surface area (Å²) in [5.41, 5.74) is 2.49. The number of ether oxygens (including phenoxy) is 1. The molecule has 1 aromatic carbocycles. The predicted octanol–water partition coefficient (Wildman–Crippen LogP) is 2.72. The normalized spacial score (nSPS) is 23.9. The van der Waals surface area contributed by atoms with Crippen LogP contribution in [-0.2, 0) is 7.05 Å². The molecule has 5 nitrogen and oxygen atoms in total. The molecular weight excluding hydrogens is 324 g/mol. The Hall–Kier alpha value is -1.85. The lowest BCUT2D eigenvalue weighted by Gasteiger charge is -2.32. The molecule has 1 aliphatic heterocycles. The topological polar surface area (TPSA) is 42.3 Å². The van der Waals surface area contributed by atoms with E-state index in [1.54, 1.807) is 0 Å². The van der Waals surface area contributed by atoms with Gasteiger partial charge in [-0.25, -0.2) is 4.68 Å². The maximum absolute atomic E-state index is 5.87. The molecule has 140 valence electrons. The number of aryl methyl sites for hydroxylation is 2. The maximum Gasteiger partial charge on any atom is 0.211 e. The van der Waals surface area contributed by atoms with Gasteiger partial charge in [-0.15, -0.1) is 0 Å². The first-order valence-electron chi connectivity index (χ1n) is 9.86. The Morgan fingerprint density at radius 1 is 1.19 bits per heavy atom. The zero-order valence-electron chi connectivity index (χ0n) is 15.9. The molecule has 2 aliphatic rings. The maximum atomic E-state index is 5.87. The van der Waals surface area contributed by atoms with Crippen molar-refractivity contribution < 1.29 is 4.74 Å². The molecule has 4 rings (SSSR count). The molecule has 0 bridgehead atoms. The van der Waals surface area contributed by atoms with Crippen LogP contribution >= 0.6 is 0 Å². The second-order valence-corrected chi connectivity index (χ2v) is 7.74. The van der Waals surface area contributed by atoms with Crippen molar-refractivity contribution in [3.05, 3.63) is 47.7 Å². The van der Waals surface area contributed by atoms with E-state index in [1.807, 2.05) is 24.7 Å². The number of likely N-dealkylation sites (tertiary alicyclic amines) is 1. The van der Waals surface area contributed by atoms with Crippen LogP contribution in [0.3, 0.4) is 0 Å². The zero-order valence-corrected chi connectivity index (χ0v) is 15.9. The van der Waals surface area contributed by atoms with Crippen LogP contribution in [0, 0.1) is 6.92 Å². The molecule has 26 heavy (non-hydrogen) atoms. The molecule has 1 saturated carbocycles. The Kier molecular flexibility index (Phi) is 5.27. The van der Waals surface area contributed by atoms with Gasteiger partial charge in [-0.1, -0.05) is 30.3 Å². The fraction of sp³-hybridized carbons (Fsp3) is 0.571. The van der Waals surface area contributed by atoms with Gasteiger partial charge in [0.15, 0.2) is 0 Å². The van der Waals surface area contributed by atoms with E-state index in [-0.39, 0.29) is 0 Å². The predicted molar refractivity (Wildman–Crippen MR) is 104 cm³/mol. The Labute approximate surface area is 156 Å². The number of aromatic nitrogens is 2. The molecule has 1 N–H and O–H groups in total. The van der Waals surface area contributed by atoms with Crippen LogP contribution in [0.5, 0.6) is 5.88 Å². The Bertz CT molecular complexity index is 706. The SMILES string of the molecule is Cc1cc(OCCN2CCC(N[C@@H]3C[C@H]3c3ccccc3)CC2)n(C)n1. The van der Waals surface area contributed by atoms with Crippen LogP contribution in [0.1, 0.15) is 36.4 Å². The lowest BCUT2D eigenvalue weighted by atomic mass is 10.0. The number of benzene rings is 1. The van der Waals surface area contributed by atoms with E-state index in [4.69, 9.17) is 4.74 Å². The molecular formula is C21H30N4O. The molecule has 1 aliphatic carbocycles. The monoisotopic (exact) mass is 354 g/mol. The molecule has 2 heterocycles. The largest absolute Gasteiger partial charge is 0.476 e. The average molecular weight is 354 g/mol. The van der Waals surface area contributed by atoms with Crippen molar-refractivity contribution in [1.29, 1.82) is 0 Å². The first-order valence-corrected chi connectivity index (χ1v) is 9.86. The van der Waals surface area contributed by atoms with Gasteiger partial charge in [0.05, 0.1) is 5.69 Å². The van der Waals surface area contributed by atoms with E-state index in [0.29, 0.717) is 12.1 Å². The third kappa shape index (κ3) is 4.27. The smallest absolute Gasteiger partial charge is 0.211 e. The van der Waals surface area contributed by atoms with Gasteiger partial charge in [-0.3, -0.25) is 4.90 Å². The molecule has 2 fully saturated rings. The number of hydrogen-bond donors (Lipinski definition) is 1. The molecule has 0 radical (unpaired) electrons. The van der Waals surface area contributed by atoms with Gasteiger partial charge >= 0.3 is 0 Å². The fourth-order valence-electron chi connectivity index (χ4n) is 4.08. The van der Waals surface area contributed by atoms with Gasteiger partial charge in [0, 0.05) is 37.7 Å². The van der Waals surface area contributed by atoms with E-state index in [2.05, 4.69) is 45.6 Å². The summed E-state index contributed by atoms with van der Waals surface area (Å²) in [5, 5.41) is 8.20. The third-order valence-corrected chi connectivity index (χ3v) is 5.67. The summed E-state index contributed by atoms with van der Waals surface area (Å²) in [6, 6.07) is 14.3. The minimum absolute atomic E-state index is 0.672. The molecule has 0 unspecified atom stereocenters. The van der Waals surface area contributed by atoms with Gasteiger partial charge in [-0.05, 0) is 44.8 Å². The van der Waals surface area contributed by atoms with Crippen LogP contribution in [-0.4, -0.2) is 53.0 Å². The molecule has 2 aromatic rings. The first kappa shape index (κ1) is 17.6. The van der Waals surface area contributed by atoms with E-state index < -0.39 is 0 Å². The number of piperidine rings is 1. The van der Waals surface area contributed by atoms with E-state index >= 15 is 0 Å². The summed E-state index contributed by atoms with van der Waals surface area (Å²) in [4.78, 5) is 2.52. The standard InChI is InChI=1S/C21H30N4O/c1-16-14-21(24(2)23-16)26-13-12-25-10-8-18(9-11-25)22-20-15-19(20)17-6-4-3-5-7-17/h3-7,14,18-20,22H,8-13,15H2,1-2H3/t19-,20+/m0/s1. The number of hydrogen-bond acceptors (Lipinski definition) is 4. The average Bonchev–Trinajstić information content (AvgIpc) is 3.34. The van der Waals surface area contributed by atoms with Crippen LogP contribution in [0.2, 0.25) is 0 Å². The summed E-state index contributed by atoms with van der Waals surface area (Å²) >= 11 is 0. The molecule has 1 saturated heterocycles. The van der Waals surface area contributed by atoms with Gasteiger partial charge in [-0.2, -0.15) is 5.10 Å². The summed E-state index contributed by atoms with van der Waals surface area (Å²) in [7, 11) is 1.93. The van der Waals surface area contributed by atoms with Crippen molar-refractivity contribution >= 4 is 0 Å². The highest BCUT2D eigenvalue weighted by molar-refractivity contribution is 5.27. The first-order chi connectivity index (χ1) is 12.7. The highest BCUT2D eigenvalue weighted by Gasteiger charge is 2.39. The molecule has 0 amide bonds. The second kappa shape index (κ2) is 7.80. The fourth-order valence-corrected chi connectivity index (χ4v) is 4.08. The van der Waals surface area contributed by atoms with Crippen molar-refractivity contribution in [2.45, 2.75) is 44.2 Å². The molecule has 0 spiro atoms. The second-order valence-electron chi connectivity index (χ2n) is 7.74. The lowest BCUT2D eigenvalue weighted by Crippen LogP contribution is -2.44. The summed E-state index contributed by atoms with van der Waals surface area (Å²) in [5.74, 6) is 1.59. The number of rotatable bonds is 7. The van der Waals surface area contributed by atoms with Crippen molar-refractivity contribution in [2.24, 2.45) is 7.05 Å². The third-order valence-electron chi connectivity index (χ3n) is 5.67. The highest BCUT2D eigenvalue weighted by atomic mass is 16.5. The lowest BCUT2D eigenvalue weighted by molar-refractivity contribution is 0.160. The zero-order chi connectivity index (χ0) is 17.9. The number of nitrogens with zero attached hydrogens (tertiary/aromatic N) is 3. The molecule has 5 heteroatoms. The quantitative estimate of drug-likeness (QED) is 0.830. The van der Waals surface area contributed by atoms with Crippen molar-refractivity contribution in [3.8, 4) is 5.88 Å². The van der Waals surface area contributed by atoms with Gasteiger partial charge in [0.25, 0.3) is 0 Å².